The first-order valence-corrected chi connectivity index (χ1v) is 18.9. The number of hydrogen-bond acceptors (Lipinski definition) is 8. The average Bonchev–Trinajstić information content (AvgIpc) is 3.51. The number of allylic oxidation sites excluding steroid dienone is 2. The number of carbonyl (C=O) groups excluding carboxylic acids is 4. The van der Waals surface area contributed by atoms with Gasteiger partial charge in [0.2, 0.25) is 0 Å². The Morgan fingerprint density at radius 2 is 1.27 bits per heavy atom. The van der Waals surface area contributed by atoms with Crippen molar-refractivity contribution in [2.24, 2.45) is 11.8 Å². The van der Waals surface area contributed by atoms with Crippen molar-refractivity contribution >= 4 is 45.2 Å². The summed E-state index contributed by atoms with van der Waals surface area (Å²) in [6, 6.07) is 35.5. The topological polar surface area (TPSA) is 105 Å². The molecule has 0 aliphatic heterocycles. The van der Waals surface area contributed by atoms with E-state index in [-0.39, 0.29) is 36.8 Å². The first kappa shape index (κ1) is 38.7. The van der Waals surface area contributed by atoms with Gasteiger partial charge in [0.25, 0.3) is 0 Å². The third-order valence-corrected chi connectivity index (χ3v) is 9.68. The molecule has 0 spiro atoms. The molecule has 0 amide bonds. The monoisotopic (exact) mass is 738 g/mol. The van der Waals surface area contributed by atoms with Gasteiger partial charge >= 0.3 is 17.9 Å². The highest BCUT2D eigenvalue weighted by atomic mass is 16.6. The molecular weight excluding hydrogens is 693 g/mol. The second-order valence-corrected chi connectivity index (χ2v) is 14.1. The quantitative estimate of drug-likeness (QED) is 0.0324. The number of rotatable bonds is 16. The van der Waals surface area contributed by atoms with E-state index in [2.05, 4.69) is 0 Å². The molecule has 0 radical (unpaired) electrons. The minimum Gasteiger partial charge on any atom is -0.485 e. The second-order valence-electron chi connectivity index (χ2n) is 14.1. The van der Waals surface area contributed by atoms with Gasteiger partial charge < -0.3 is 18.9 Å². The summed E-state index contributed by atoms with van der Waals surface area (Å²) in [6.45, 7) is 3.48. The maximum absolute atomic E-state index is 13.7. The van der Waals surface area contributed by atoms with E-state index < -0.39 is 30.1 Å². The molecule has 0 bridgehead atoms. The Hall–Kier alpha value is -6.02. The molecule has 0 N–H and O–H groups in total. The molecule has 0 aromatic heterocycles. The molecule has 55 heavy (non-hydrogen) atoms. The molecule has 1 saturated carbocycles. The van der Waals surface area contributed by atoms with Crippen LogP contribution in [0.4, 0.5) is 0 Å². The van der Waals surface area contributed by atoms with Crippen molar-refractivity contribution in [3.8, 4) is 5.75 Å². The Kier molecular flexibility index (Phi) is 13.3. The SMILES string of the molecule is CC(C)OC(=O)CCCC=CCC1C(OC(=O)c2ccc3ccccc3c2)CC(OC(=O)c2ccc3ccccc3c2)C1C=CC(=O)COc1ccccc1. The zero-order valence-electron chi connectivity index (χ0n) is 31.2. The molecule has 1 aliphatic carbocycles. The number of hydrogen-bond donors (Lipinski definition) is 0. The molecule has 5 aromatic rings. The molecule has 8 nitrogen and oxygen atoms in total. The van der Waals surface area contributed by atoms with Gasteiger partial charge in [-0.3, -0.25) is 9.59 Å². The normalized spacial score (nSPS) is 18.2. The minimum absolute atomic E-state index is 0.162. The fourth-order valence-corrected chi connectivity index (χ4v) is 6.96. The number of para-hydroxylation sites is 1. The molecule has 6 rings (SSSR count). The zero-order valence-corrected chi connectivity index (χ0v) is 31.2. The minimum atomic E-state index is -0.698. The third-order valence-electron chi connectivity index (χ3n) is 9.68. The predicted octanol–water partition coefficient (Wildman–Crippen LogP) is 9.65. The Balaban J connectivity index is 1.24. The Labute approximate surface area is 321 Å². The van der Waals surface area contributed by atoms with Crippen LogP contribution in [-0.4, -0.2) is 48.6 Å². The summed E-state index contributed by atoms with van der Waals surface area (Å²) in [5, 5.41) is 3.83. The average molecular weight is 739 g/mol. The van der Waals surface area contributed by atoms with Crippen LogP contribution < -0.4 is 4.74 Å². The van der Waals surface area contributed by atoms with E-state index in [9.17, 15) is 19.2 Å². The van der Waals surface area contributed by atoms with Gasteiger partial charge in [-0.2, -0.15) is 0 Å². The van der Waals surface area contributed by atoms with E-state index in [0.29, 0.717) is 42.6 Å². The number of fused-ring (bicyclic) bond motifs is 2. The molecule has 1 aliphatic rings. The lowest BCUT2D eigenvalue weighted by molar-refractivity contribution is -0.147. The highest BCUT2D eigenvalue weighted by Gasteiger charge is 2.46. The Morgan fingerprint density at radius 1 is 0.691 bits per heavy atom. The summed E-state index contributed by atoms with van der Waals surface area (Å²) in [4.78, 5) is 52.6. The van der Waals surface area contributed by atoms with Crippen LogP contribution in [0, 0.1) is 11.8 Å². The van der Waals surface area contributed by atoms with E-state index in [4.69, 9.17) is 18.9 Å². The highest BCUT2D eigenvalue weighted by molar-refractivity contribution is 5.96. The summed E-state index contributed by atoms with van der Waals surface area (Å²) in [5.74, 6) is -1.70. The van der Waals surface area contributed by atoms with Crippen molar-refractivity contribution in [2.45, 2.75) is 64.3 Å². The van der Waals surface area contributed by atoms with Crippen LogP contribution >= 0.6 is 0 Å². The summed E-state index contributed by atoms with van der Waals surface area (Å²) in [5.41, 5.74) is 0.816. The van der Waals surface area contributed by atoms with Gasteiger partial charge in [0.1, 0.15) is 18.0 Å². The van der Waals surface area contributed by atoms with E-state index in [1.54, 1.807) is 36.4 Å². The van der Waals surface area contributed by atoms with Gasteiger partial charge in [0.15, 0.2) is 12.4 Å². The number of esters is 3. The Bertz CT molecular complexity index is 2170. The first-order valence-electron chi connectivity index (χ1n) is 18.9. The van der Waals surface area contributed by atoms with Gasteiger partial charge in [-0.1, -0.05) is 97.1 Å². The lowest BCUT2D eigenvalue weighted by Crippen LogP contribution is -2.26. The molecule has 4 unspecified atom stereocenters. The van der Waals surface area contributed by atoms with Crippen molar-refractivity contribution in [3.05, 3.63) is 151 Å². The smallest absolute Gasteiger partial charge is 0.338 e. The summed E-state index contributed by atoms with van der Waals surface area (Å²) < 4.78 is 23.4. The molecule has 0 saturated heterocycles. The van der Waals surface area contributed by atoms with Crippen LogP contribution in [0.15, 0.2) is 140 Å². The van der Waals surface area contributed by atoms with Crippen molar-refractivity contribution in [1.29, 1.82) is 0 Å². The van der Waals surface area contributed by atoms with Crippen molar-refractivity contribution < 1.29 is 38.1 Å². The third kappa shape index (κ3) is 10.8. The van der Waals surface area contributed by atoms with Crippen LogP contribution in [0.25, 0.3) is 21.5 Å². The van der Waals surface area contributed by atoms with Crippen LogP contribution in [0.3, 0.4) is 0 Å². The van der Waals surface area contributed by atoms with Crippen LogP contribution in [0.5, 0.6) is 5.75 Å². The van der Waals surface area contributed by atoms with Crippen molar-refractivity contribution in [2.75, 3.05) is 6.61 Å². The summed E-state index contributed by atoms with van der Waals surface area (Å²) >= 11 is 0. The summed E-state index contributed by atoms with van der Waals surface area (Å²) in [7, 11) is 0. The van der Waals surface area contributed by atoms with Gasteiger partial charge in [-0.05, 0) is 97.1 Å². The molecule has 1 fully saturated rings. The lowest BCUT2D eigenvalue weighted by atomic mass is 9.89. The van der Waals surface area contributed by atoms with Gasteiger partial charge in [-0.25, -0.2) is 9.59 Å². The number of ether oxygens (including phenoxy) is 4. The van der Waals surface area contributed by atoms with Crippen molar-refractivity contribution in [3.63, 3.8) is 0 Å². The predicted molar refractivity (Wildman–Crippen MR) is 213 cm³/mol. The fraction of sp³-hybridized carbons (Fsp3) is 0.277. The van der Waals surface area contributed by atoms with Crippen LogP contribution in [0.1, 0.15) is 66.7 Å². The number of carbonyl (C=O) groups is 4. The zero-order chi connectivity index (χ0) is 38.6. The van der Waals surface area contributed by atoms with Gasteiger partial charge in [0, 0.05) is 24.7 Å². The van der Waals surface area contributed by atoms with Gasteiger partial charge in [-0.15, -0.1) is 0 Å². The molecule has 4 atom stereocenters. The molecule has 282 valence electrons. The number of benzene rings is 5. The van der Waals surface area contributed by atoms with E-state index in [0.717, 1.165) is 21.5 Å². The number of unbranched alkanes of at least 4 members (excludes halogenated alkanes) is 1. The molecule has 0 heterocycles. The fourth-order valence-electron chi connectivity index (χ4n) is 6.96. The molecule has 8 heteroatoms. The van der Waals surface area contributed by atoms with Crippen molar-refractivity contribution in [1.82, 2.24) is 0 Å². The van der Waals surface area contributed by atoms with Crippen LogP contribution in [0.2, 0.25) is 0 Å². The first-order chi connectivity index (χ1) is 26.7. The number of ketones is 1. The Morgan fingerprint density at radius 3 is 1.89 bits per heavy atom. The molecule has 5 aromatic carbocycles. The van der Waals surface area contributed by atoms with E-state index in [1.165, 1.54) is 6.08 Å². The molecular formula is C47H46O8. The maximum Gasteiger partial charge on any atom is 0.338 e. The van der Waals surface area contributed by atoms with E-state index in [1.807, 2.05) is 111 Å². The highest BCUT2D eigenvalue weighted by Crippen LogP contribution is 2.41. The van der Waals surface area contributed by atoms with Gasteiger partial charge in [0.05, 0.1) is 17.2 Å². The largest absolute Gasteiger partial charge is 0.485 e. The van der Waals surface area contributed by atoms with E-state index >= 15 is 0 Å². The lowest BCUT2D eigenvalue weighted by Gasteiger charge is -2.23. The maximum atomic E-state index is 13.7. The standard InChI is InChI=1S/C47H46O8/c1-32(2)53-45(49)21-9-4-3-8-20-41-42(27-26-39(48)31-52-40-18-6-5-7-19-40)44(55-47(51)38-25-23-34-15-11-13-17-36(34)29-38)30-43(41)54-46(50)37-24-22-33-14-10-12-16-35(33)28-37/h3,5-8,10-19,22-29,32,41-44H,4,9,20-21,30-31H2,1-2H3. The second kappa shape index (κ2) is 18.8. The summed E-state index contributed by atoms with van der Waals surface area (Å²) in [6.07, 6.45) is 8.03. The van der Waals surface area contributed by atoms with Crippen LogP contribution in [-0.2, 0) is 23.8 Å².